The number of carbonyl (C=O) groups is 1. The van der Waals surface area contributed by atoms with Gasteiger partial charge in [-0.25, -0.2) is 4.79 Å². The second-order valence-electron chi connectivity index (χ2n) is 3.96. The molecule has 104 valence electrons. The van der Waals surface area contributed by atoms with Gasteiger partial charge in [-0.15, -0.1) is 0 Å². The highest BCUT2D eigenvalue weighted by atomic mass is 16.5. The molecule has 0 heterocycles. The Morgan fingerprint density at radius 1 is 1.44 bits per heavy atom. The van der Waals surface area contributed by atoms with Crippen LogP contribution in [-0.4, -0.2) is 43.7 Å². The van der Waals surface area contributed by atoms with Gasteiger partial charge in [0.1, 0.15) is 5.57 Å². The van der Waals surface area contributed by atoms with Gasteiger partial charge in [0, 0.05) is 12.8 Å². The van der Waals surface area contributed by atoms with Crippen molar-refractivity contribution in [3.05, 3.63) is 11.5 Å². The van der Waals surface area contributed by atoms with Crippen molar-refractivity contribution in [2.24, 2.45) is 5.92 Å². The van der Waals surface area contributed by atoms with Crippen LogP contribution in [0.15, 0.2) is 11.5 Å². The van der Waals surface area contributed by atoms with E-state index in [1.807, 2.05) is 13.8 Å². The third kappa shape index (κ3) is 6.24. The Morgan fingerprint density at radius 2 is 2.11 bits per heavy atom. The molecule has 0 spiro atoms. The normalized spacial score (nSPS) is 11.8. The van der Waals surface area contributed by atoms with Crippen LogP contribution in [0.4, 0.5) is 0 Å². The van der Waals surface area contributed by atoms with Crippen molar-refractivity contribution in [1.82, 2.24) is 5.32 Å². The number of hydrogen-bond donors (Lipinski definition) is 3. The van der Waals surface area contributed by atoms with Crippen molar-refractivity contribution >= 4 is 12.2 Å². The molecule has 18 heavy (non-hydrogen) atoms. The van der Waals surface area contributed by atoms with Crippen LogP contribution in [0.2, 0.25) is 0 Å². The number of aliphatic hydroxyl groups excluding tert-OH is 1. The third-order valence-electron chi connectivity index (χ3n) is 1.84. The van der Waals surface area contributed by atoms with Gasteiger partial charge in [-0.2, -0.15) is 0 Å². The summed E-state index contributed by atoms with van der Waals surface area (Å²) >= 11 is 0. The van der Waals surface area contributed by atoms with E-state index in [0.29, 0.717) is 6.61 Å². The Labute approximate surface area is 107 Å². The quantitative estimate of drug-likeness (QED) is 0.245. The van der Waals surface area contributed by atoms with Crippen LogP contribution in [0.25, 0.3) is 0 Å². The largest absolute Gasteiger partial charge is 0.478 e. The van der Waals surface area contributed by atoms with E-state index in [4.69, 9.17) is 20.0 Å². The molecule has 0 radical (unpaired) electrons. The fourth-order valence-electron chi connectivity index (χ4n) is 1.07. The molecule has 0 saturated heterocycles. The van der Waals surface area contributed by atoms with Crippen LogP contribution < -0.4 is 5.32 Å². The zero-order chi connectivity index (χ0) is 14.0. The van der Waals surface area contributed by atoms with Crippen LogP contribution >= 0.6 is 0 Å². The van der Waals surface area contributed by atoms with Crippen molar-refractivity contribution in [2.45, 2.75) is 20.8 Å². The van der Waals surface area contributed by atoms with E-state index in [9.17, 15) is 4.79 Å². The molecule has 0 aromatic carbocycles. The number of aliphatic hydroxyl groups is 1. The lowest BCUT2D eigenvalue weighted by molar-refractivity contribution is -0.138. The standard InChI is InChI=1S/C12H22N2O4/c1-4-17-12(16)10(7-13)11(14-5-6-15)18-8-9(2)3/h7,9,13-15H,4-6,8H2,1-3H3/b11-10-,13-7?. The van der Waals surface area contributed by atoms with Gasteiger partial charge in [0.15, 0.2) is 0 Å². The van der Waals surface area contributed by atoms with Gasteiger partial charge < -0.3 is 25.3 Å². The van der Waals surface area contributed by atoms with Crippen LogP contribution in [0.3, 0.4) is 0 Å². The van der Waals surface area contributed by atoms with E-state index < -0.39 is 5.97 Å². The summed E-state index contributed by atoms with van der Waals surface area (Å²) in [6.45, 7) is 6.41. The molecule has 0 fully saturated rings. The molecular weight excluding hydrogens is 236 g/mol. The molecule has 6 heteroatoms. The lowest BCUT2D eigenvalue weighted by Crippen LogP contribution is -2.26. The minimum Gasteiger partial charge on any atom is -0.478 e. The fourth-order valence-corrected chi connectivity index (χ4v) is 1.07. The highest BCUT2D eigenvalue weighted by Gasteiger charge is 2.16. The molecule has 3 N–H and O–H groups in total. The number of carbonyl (C=O) groups excluding carboxylic acids is 1. The fraction of sp³-hybridized carbons (Fsp3) is 0.667. The van der Waals surface area contributed by atoms with Crippen molar-refractivity contribution in [1.29, 1.82) is 5.41 Å². The van der Waals surface area contributed by atoms with Gasteiger partial charge >= 0.3 is 5.97 Å². The number of ether oxygens (including phenoxy) is 2. The first kappa shape index (κ1) is 16.4. The highest BCUT2D eigenvalue weighted by Crippen LogP contribution is 2.06. The molecule has 0 unspecified atom stereocenters. The second kappa shape index (κ2) is 9.47. The number of hydrogen-bond acceptors (Lipinski definition) is 6. The van der Waals surface area contributed by atoms with Crippen LogP contribution in [0.5, 0.6) is 0 Å². The lowest BCUT2D eigenvalue weighted by Gasteiger charge is -2.16. The SMILES string of the molecule is CCOC(=O)/C(C=N)=C(/NCCO)OCC(C)C. The Morgan fingerprint density at radius 3 is 2.56 bits per heavy atom. The summed E-state index contributed by atoms with van der Waals surface area (Å²) in [6.07, 6.45) is 0.887. The minimum atomic E-state index is -0.614. The van der Waals surface area contributed by atoms with E-state index in [-0.39, 0.29) is 37.1 Å². The molecule has 0 rings (SSSR count). The van der Waals surface area contributed by atoms with Crippen LogP contribution in [-0.2, 0) is 14.3 Å². The predicted molar refractivity (Wildman–Crippen MR) is 68.3 cm³/mol. The Bertz CT molecular complexity index is 300. The van der Waals surface area contributed by atoms with Gasteiger partial charge in [0.05, 0.1) is 19.8 Å². The van der Waals surface area contributed by atoms with Gasteiger partial charge in [0.2, 0.25) is 5.88 Å². The molecule has 0 aliphatic heterocycles. The average Bonchev–Trinajstić information content (AvgIpc) is 2.32. The molecule has 0 saturated carbocycles. The first-order valence-corrected chi connectivity index (χ1v) is 5.96. The summed E-state index contributed by atoms with van der Waals surface area (Å²) in [5, 5.41) is 18.8. The van der Waals surface area contributed by atoms with E-state index in [2.05, 4.69) is 5.32 Å². The molecule has 6 nitrogen and oxygen atoms in total. The minimum absolute atomic E-state index is 0.0194. The summed E-state index contributed by atoms with van der Waals surface area (Å²) in [4.78, 5) is 11.6. The van der Waals surface area contributed by atoms with Gasteiger partial charge in [-0.3, -0.25) is 0 Å². The molecule has 0 aliphatic carbocycles. The van der Waals surface area contributed by atoms with Crippen LogP contribution in [0.1, 0.15) is 20.8 Å². The Kier molecular flexibility index (Phi) is 8.65. The molecule has 0 aromatic heterocycles. The Balaban J connectivity index is 4.91. The summed E-state index contributed by atoms with van der Waals surface area (Å²) in [7, 11) is 0. The molecule has 0 bridgehead atoms. The summed E-state index contributed by atoms with van der Waals surface area (Å²) < 4.78 is 10.3. The van der Waals surface area contributed by atoms with Gasteiger partial charge in [-0.1, -0.05) is 13.8 Å². The number of esters is 1. The monoisotopic (exact) mass is 258 g/mol. The number of rotatable bonds is 9. The maximum Gasteiger partial charge on any atom is 0.345 e. The maximum absolute atomic E-state index is 11.6. The summed E-state index contributed by atoms with van der Waals surface area (Å²) in [5.74, 6) is -0.159. The van der Waals surface area contributed by atoms with Crippen molar-refractivity contribution in [3.8, 4) is 0 Å². The van der Waals surface area contributed by atoms with E-state index >= 15 is 0 Å². The Hall–Kier alpha value is -1.56. The lowest BCUT2D eigenvalue weighted by atomic mass is 10.2. The topological polar surface area (TPSA) is 91.6 Å². The van der Waals surface area contributed by atoms with Gasteiger partial charge in [-0.05, 0) is 12.8 Å². The third-order valence-corrected chi connectivity index (χ3v) is 1.84. The van der Waals surface area contributed by atoms with Gasteiger partial charge in [0.25, 0.3) is 0 Å². The first-order chi connectivity index (χ1) is 8.56. The zero-order valence-electron chi connectivity index (χ0n) is 11.2. The first-order valence-electron chi connectivity index (χ1n) is 5.96. The highest BCUT2D eigenvalue weighted by molar-refractivity contribution is 6.08. The average molecular weight is 258 g/mol. The zero-order valence-corrected chi connectivity index (χ0v) is 11.2. The van der Waals surface area contributed by atoms with E-state index in [1.165, 1.54) is 0 Å². The second-order valence-corrected chi connectivity index (χ2v) is 3.96. The van der Waals surface area contributed by atoms with Crippen molar-refractivity contribution in [2.75, 3.05) is 26.4 Å². The van der Waals surface area contributed by atoms with E-state index in [0.717, 1.165) is 6.21 Å². The summed E-state index contributed by atoms with van der Waals surface area (Å²) in [6, 6.07) is 0. The van der Waals surface area contributed by atoms with E-state index in [1.54, 1.807) is 6.92 Å². The molecular formula is C12H22N2O4. The molecule has 0 aliphatic rings. The smallest absolute Gasteiger partial charge is 0.345 e. The molecule has 0 amide bonds. The number of nitrogens with one attached hydrogen (secondary N) is 2. The van der Waals surface area contributed by atoms with Crippen LogP contribution in [0, 0.1) is 11.3 Å². The summed E-state index contributed by atoms with van der Waals surface area (Å²) in [5.41, 5.74) is 0.0194. The maximum atomic E-state index is 11.6. The van der Waals surface area contributed by atoms with Crippen molar-refractivity contribution in [3.63, 3.8) is 0 Å². The molecule has 0 atom stereocenters. The predicted octanol–water partition coefficient (Wildman–Crippen LogP) is 0.665. The molecule has 0 aromatic rings. The van der Waals surface area contributed by atoms with Crippen molar-refractivity contribution < 1.29 is 19.4 Å².